The Morgan fingerprint density at radius 3 is 2.18 bits per heavy atom. The maximum Gasteiger partial charge on any atom is -0.0232 e. The van der Waals surface area contributed by atoms with E-state index < -0.39 is 0 Å². The lowest BCUT2D eigenvalue weighted by atomic mass is 9.53. The molecule has 4 unspecified atom stereocenters. The van der Waals surface area contributed by atoms with Gasteiger partial charge in [0.15, 0.2) is 0 Å². The standard InChI is InChI=1S/C11H20/c1-5-10(4)8(3)11(6-2)7-9(10)11/h8-9H,5-7H2,1-4H3. The van der Waals surface area contributed by atoms with Crippen molar-refractivity contribution >= 4 is 0 Å². The Morgan fingerprint density at radius 1 is 1.27 bits per heavy atom. The summed E-state index contributed by atoms with van der Waals surface area (Å²) < 4.78 is 0. The van der Waals surface area contributed by atoms with E-state index in [9.17, 15) is 0 Å². The highest BCUT2D eigenvalue weighted by atomic mass is 14.8. The number of hydrogen-bond acceptors (Lipinski definition) is 0. The molecule has 0 aliphatic heterocycles. The van der Waals surface area contributed by atoms with Gasteiger partial charge in [0.2, 0.25) is 0 Å². The second-order valence-electron chi connectivity index (χ2n) is 4.92. The van der Waals surface area contributed by atoms with E-state index in [1.807, 2.05) is 0 Å². The van der Waals surface area contributed by atoms with Crippen molar-refractivity contribution in [1.29, 1.82) is 0 Å². The fourth-order valence-corrected chi connectivity index (χ4v) is 3.80. The fourth-order valence-electron chi connectivity index (χ4n) is 3.80. The van der Waals surface area contributed by atoms with Gasteiger partial charge in [-0.1, -0.05) is 34.1 Å². The molecule has 0 aromatic heterocycles. The quantitative estimate of drug-likeness (QED) is 0.568. The van der Waals surface area contributed by atoms with E-state index in [0.717, 1.165) is 22.7 Å². The van der Waals surface area contributed by atoms with Crippen molar-refractivity contribution in [2.24, 2.45) is 22.7 Å². The van der Waals surface area contributed by atoms with Crippen molar-refractivity contribution in [3.63, 3.8) is 0 Å². The van der Waals surface area contributed by atoms with Gasteiger partial charge in [0.25, 0.3) is 0 Å². The van der Waals surface area contributed by atoms with Gasteiger partial charge in [-0.2, -0.15) is 0 Å². The van der Waals surface area contributed by atoms with E-state index in [1.54, 1.807) is 0 Å². The molecule has 0 N–H and O–H groups in total. The van der Waals surface area contributed by atoms with Crippen LogP contribution in [0.4, 0.5) is 0 Å². The third-order valence-electron chi connectivity index (χ3n) is 5.19. The summed E-state index contributed by atoms with van der Waals surface area (Å²) in [7, 11) is 0. The number of fused-ring (bicyclic) bond motifs is 1. The molecular formula is C11H20. The molecule has 0 amide bonds. The maximum absolute atomic E-state index is 2.49. The van der Waals surface area contributed by atoms with Crippen LogP contribution < -0.4 is 0 Å². The van der Waals surface area contributed by atoms with Crippen LogP contribution in [0.25, 0.3) is 0 Å². The van der Waals surface area contributed by atoms with Crippen LogP contribution in [0.1, 0.15) is 47.0 Å². The first kappa shape index (κ1) is 7.64. The largest absolute Gasteiger partial charge is 0.0648 e. The van der Waals surface area contributed by atoms with E-state index in [0.29, 0.717) is 0 Å². The van der Waals surface area contributed by atoms with E-state index in [1.165, 1.54) is 19.3 Å². The molecule has 0 aromatic rings. The van der Waals surface area contributed by atoms with Crippen molar-refractivity contribution in [1.82, 2.24) is 0 Å². The van der Waals surface area contributed by atoms with Gasteiger partial charge >= 0.3 is 0 Å². The number of rotatable bonds is 2. The first-order valence-electron chi connectivity index (χ1n) is 5.12. The zero-order valence-corrected chi connectivity index (χ0v) is 8.28. The zero-order chi connectivity index (χ0) is 8.28. The first-order valence-corrected chi connectivity index (χ1v) is 5.12. The predicted octanol–water partition coefficient (Wildman–Crippen LogP) is 3.47. The van der Waals surface area contributed by atoms with Crippen LogP contribution in [-0.2, 0) is 0 Å². The normalized spacial score (nSPS) is 60.0. The molecule has 0 radical (unpaired) electrons. The van der Waals surface area contributed by atoms with Crippen LogP contribution in [-0.4, -0.2) is 0 Å². The Balaban J connectivity index is 2.15. The summed E-state index contributed by atoms with van der Waals surface area (Å²) in [5.41, 5.74) is 1.54. The molecule has 0 bridgehead atoms. The highest BCUT2D eigenvalue weighted by Gasteiger charge is 2.75. The lowest BCUT2D eigenvalue weighted by Gasteiger charge is -2.51. The van der Waals surface area contributed by atoms with Crippen molar-refractivity contribution in [2.75, 3.05) is 0 Å². The summed E-state index contributed by atoms with van der Waals surface area (Å²) in [6, 6.07) is 0. The highest BCUT2D eigenvalue weighted by molar-refractivity contribution is 5.23. The Hall–Kier alpha value is 0. The van der Waals surface area contributed by atoms with E-state index >= 15 is 0 Å². The van der Waals surface area contributed by atoms with Gasteiger partial charge in [-0.15, -0.1) is 0 Å². The minimum Gasteiger partial charge on any atom is -0.0648 e. The van der Waals surface area contributed by atoms with Crippen LogP contribution in [0.3, 0.4) is 0 Å². The summed E-state index contributed by atoms with van der Waals surface area (Å²) in [6.45, 7) is 9.68. The molecule has 2 aliphatic rings. The second kappa shape index (κ2) is 1.84. The molecule has 64 valence electrons. The third-order valence-corrected chi connectivity index (χ3v) is 5.19. The average Bonchev–Trinajstić information content (AvgIpc) is 2.75. The molecular weight excluding hydrogens is 132 g/mol. The third kappa shape index (κ3) is 0.588. The molecule has 11 heavy (non-hydrogen) atoms. The Bertz CT molecular complexity index is 184. The zero-order valence-electron chi connectivity index (χ0n) is 8.28. The molecule has 2 rings (SSSR count). The van der Waals surface area contributed by atoms with Crippen LogP contribution in [0.2, 0.25) is 0 Å². The summed E-state index contributed by atoms with van der Waals surface area (Å²) in [6.07, 6.45) is 4.35. The molecule has 0 nitrogen and oxygen atoms in total. The summed E-state index contributed by atoms with van der Waals surface area (Å²) in [5.74, 6) is 2.09. The van der Waals surface area contributed by atoms with E-state index in [4.69, 9.17) is 0 Å². The van der Waals surface area contributed by atoms with Crippen LogP contribution >= 0.6 is 0 Å². The van der Waals surface area contributed by atoms with Gasteiger partial charge in [0.1, 0.15) is 0 Å². The second-order valence-corrected chi connectivity index (χ2v) is 4.92. The van der Waals surface area contributed by atoms with E-state index in [-0.39, 0.29) is 0 Å². The topological polar surface area (TPSA) is 0 Å². The molecule has 0 heterocycles. The molecule has 2 aliphatic carbocycles. The number of hydrogen-bond donors (Lipinski definition) is 0. The lowest BCUT2D eigenvalue weighted by Crippen LogP contribution is -2.45. The van der Waals surface area contributed by atoms with Gasteiger partial charge in [-0.3, -0.25) is 0 Å². The smallest absolute Gasteiger partial charge is 0.0232 e. The Labute approximate surface area is 70.4 Å². The van der Waals surface area contributed by atoms with Gasteiger partial charge in [0, 0.05) is 0 Å². The monoisotopic (exact) mass is 152 g/mol. The van der Waals surface area contributed by atoms with Gasteiger partial charge in [-0.05, 0) is 35.5 Å². The molecule has 0 spiro atoms. The predicted molar refractivity (Wildman–Crippen MR) is 48.4 cm³/mol. The van der Waals surface area contributed by atoms with Crippen LogP contribution in [0.15, 0.2) is 0 Å². The van der Waals surface area contributed by atoms with Crippen molar-refractivity contribution in [3.8, 4) is 0 Å². The average molecular weight is 152 g/mol. The van der Waals surface area contributed by atoms with Crippen LogP contribution in [0.5, 0.6) is 0 Å². The molecule has 0 aromatic carbocycles. The molecule has 2 fully saturated rings. The molecule has 4 atom stereocenters. The van der Waals surface area contributed by atoms with Crippen molar-refractivity contribution < 1.29 is 0 Å². The van der Waals surface area contributed by atoms with Gasteiger partial charge in [0.05, 0.1) is 0 Å². The minimum atomic E-state index is 0.718. The SMILES string of the molecule is CCC1(C)C(C)C2(CC)CC12. The maximum atomic E-state index is 2.49. The lowest BCUT2D eigenvalue weighted by molar-refractivity contribution is -0.0305. The summed E-state index contributed by atoms with van der Waals surface area (Å²) >= 11 is 0. The van der Waals surface area contributed by atoms with Crippen LogP contribution in [0, 0.1) is 22.7 Å². The Morgan fingerprint density at radius 2 is 1.91 bits per heavy atom. The summed E-state index contributed by atoms with van der Waals surface area (Å²) in [4.78, 5) is 0. The fraction of sp³-hybridized carbons (Fsp3) is 1.00. The van der Waals surface area contributed by atoms with Gasteiger partial charge < -0.3 is 0 Å². The van der Waals surface area contributed by atoms with Crippen molar-refractivity contribution in [2.45, 2.75) is 47.0 Å². The van der Waals surface area contributed by atoms with E-state index in [2.05, 4.69) is 27.7 Å². The highest BCUT2D eigenvalue weighted by Crippen LogP contribution is 2.81. The van der Waals surface area contributed by atoms with Crippen molar-refractivity contribution in [3.05, 3.63) is 0 Å². The minimum absolute atomic E-state index is 0.718. The Kier molecular flexibility index (Phi) is 1.28. The van der Waals surface area contributed by atoms with Gasteiger partial charge in [-0.25, -0.2) is 0 Å². The summed E-state index contributed by atoms with van der Waals surface area (Å²) in [5, 5.41) is 0. The molecule has 0 heteroatoms. The molecule has 0 saturated heterocycles. The molecule has 2 saturated carbocycles. The first-order chi connectivity index (χ1) is 5.12.